The van der Waals surface area contributed by atoms with E-state index in [0.717, 1.165) is 34.2 Å². The largest absolute Gasteiger partial charge is 0.497 e. The molecule has 2 heterocycles. The van der Waals surface area contributed by atoms with Crippen LogP contribution in [0, 0.1) is 12.8 Å². The minimum Gasteiger partial charge on any atom is -0.497 e. The zero-order valence-electron chi connectivity index (χ0n) is 13.3. The van der Waals surface area contributed by atoms with Crippen LogP contribution in [-0.4, -0.2) is 31.2 Å². The van der Waals surface area contributed by atoms with Gasteiger partial charge in [0.15, 0.2) is 0 Å². The van der Waals surface area contributed by atoms with Crippen LogP contribution in [0.2, 0.25) is 0 Å². The molecule has 1 unspecified atom stereocenters. The summed E-state index contributed by atoms with van der Waals surface area (Å²) in [6, 6.07) is 5.73. The highest BCUT2D eigenvalue weighted by Gasteiger charge is 2.26. The first-order valence-corrected chi connectivity index (χ1v) is 8.52. The summed E-state index contributed by atoms with van der Waals surface area (Å²) in [5.74, 6) is 1.48. The summed E-state index contributed by atoms with van der Waals surface area (Å²) in [6.07, 6.45) is 1.47. The number of nitrogens with one attached hydrogen (secondary N) is 1. The first-order chi connectivity index (χ1) is 11.2. The third kappa shape index (κ3) is 3.82. The normalized spacial score (nSPS) is 16.3. The molecular formula is C17H20N2O3S. The summed E-state index contributed by atoms with van der Waals surface area (Å²) in [4.78, 5) is 16.7. The number of rotatable bonds is 5. The van der Waals surface area contributed by atoms with Gasteiger partial charge in [-0.05, 0) is 25.0 Å². The van der Waals surface area contributed by atoms with Gasteiger partial charge in [0.2, 0.25) is 5.91 Å². The quantitative estimate of drug-likeness (QED) is 0.913. The van der Waals surface area contributed by atoms with Crippen LogP contribution in [-0.2, 0) is 17.6 Å². The maximum absolute atomic E-state index is 12.3. The molecule has 1 aromatic carbocycles. The van der Waals surface area contributed by atoms with Crippen LogP contribution in [0.5, 0.6) is 11.5 Å². The lowest BCUT2D eigenvalue weighted by Gasteiger charge is -2.25. The van der Waals surface area contributed by atoms with E-state index < -0.39 is 0 Å². The van der Waals surface area contributed by atoms with Crippen molar-refractivity contribution in [3.8, 4) is 11.5 Å². The highest BCUT2D eigenvalue weighted by Crippen LogP contribution is 2.31. The van der Waals surface area contributed by atoms with Crippen molar-refractivity contribution in [3.63, 3.8) is 0 Å². The van der Waals surface area contributed by atoms with Crippen molar-refractivity contribution in [2.24, 2.45) is 5.92 Å². The number of carbonyl (C=O) groups excluding carboxylic acids is 1. The van der Waals surface area contributed by atoms with Gasteiger partial charge in [0, 0.05) is 30.1 Å². The molecule has 5 nitrogen and oxygen atoms in total. The average Bonchev–Trinajstić information content (AvgIpc) is 2.99. The predicted molar refractivity (Wildman–Crippen MR) is 89.2 cm³/mol. The number of fused-ring (bicyclic) bond motifs is 1. The third-order valence-corrected chi connectivity index (χ3v) is 4.88. The van der Waals surface area contributed by atoms with Gasteiger partial charge in [-0.1, -0.05) is 6.07 Å². The Labute approximate surface area is 139 Å². The third-order valence-electron chi connectivity index (χ3n) is 3.86. The van der Waals surface area contributed by atoms with Gasteiger partial charge in [-0.2, -0.15) is 0 Å². The van der Waals surface area contributed by atoms with E-state index in [4.69, 9.17) is 9.47 Å². The summed E-state index contributed by atoms with van der Waals surface area (Å²) >= 11 is 1.63. The van der Waals surface area contributed by atoms with Crippen LogP contribution >= 0.6 is 11.3 Å². The Balaban J connectivity index is 1.52. The molecule has 3 rings (SSSR count). The van der Waals surface area contributed by atoms with Gasteiger partial charge in [0.1, 0.15) is 18.1 Å². The van der Waals surface area contributed by atoms with Crippen molar-refractivity contribution >= 4 is 17.2 Å². The molecule has 122 valence electrons. The molecule has 0 bridgehead atoms. The Bertz CT molecular complexity index is 699. The van der Waals surface area contributed by atoms with Crippen molar-refractivity contribution in [3.05, 3.63) is 39.8 Å². The molecule has 1 aliphatic rings. The standard InChI is InChI=1S/C17H20N2O3S/c1-11-10-23-16(19-11)5-6-18-17(20)13-7-12-3-4-14(21-2)8-15(12)22-9-13/h3-4,8,10,13H,5-7,9H2,1-2H3,(H,18,20). The molecule has 23 heavy (non-hydrogen) atoms. The zero-order valence-corrected chi connectivity index (χ0v) is 14.1. The van der Waals surface area contributed by atoms with Gasteiger partial charge in [-0.3, -0.25) is 4.79 Å². The lowest BCUT2D eigenvalue weighted by molar-refractivity contribution is -0.126. The topological polar surface area (TPSA) is 60.5 Å². The molecule has 0 radical (unpaired) electrons. The highest BCUT2D eigenvalue weighted by molar-refractivity contribution is 7.09. The smallest absolute Gasteiger partial charge is 0.226 e. The number of aromatic nitrogens is 1. The fourth-order valence-electron chi connectivity index (χ4n) is 2.60. The van der Waals surface area contributed by atoms with Crippen molar-refractivity contribution in [1.82, 2.24) is 10.3 Å². The molecule has 1 amide bonds. The summed E-state index contributed by atoms with van der Waals surface area (Å²) in [5.41, 5.74) is 2.08. The van der Waals surface area contributed by atoms with Crippen LogP contribution in [0.25, 0.3) is 0 Å². The average molecular weight is 332 g/mol. The van der Waals surface area contributed by atoms with Crippen LogP contribution in [0.4, 0.5) is 0 Å². The van der Waals surface area contributed by atoms with Crippen LogP contribution in [0.1, 0.15) is 16.3 Å². The number of benzene rings is 1. The summed E-state index contributed by atoms with van der Waals surface area (Å²) in [7, 11) is 1.63. The van der Waals surface area contributed by atoms with Crippen LogP contribution in [0.3, 0.4) is 0 Å². The SMILES string of the molecule is COc1ccc2c(c1)OCC(C(=O)NCCc1nc(C)cs1)C2. The predicted octanol–water partition coefficient (Wildman–Crippen LogP) is 2.37. The lowest BCUT2D eigenvalue weighted by atomic mass is 9.96. The molecule has 0 aliphatic carbocycles. The molecule has 1 N–H and O–H groups in total. The minimum atomic E-state index is -0.145. The van der Waals surface area contributed by atoms with Gasteiger partial charge in [-0.15, -0.1) is 11.3 Å². The van der Waals surface area contributed by atoms with E-state index in [1.165, 1.54) is 0 Å². The highest BCUT2D eigenvalue weighted by atomic mass is 32.1. The number of nitrogens with zero attached hydrogens (tertiary/aromatic N) is 1. The molecule has 0 fully saturated rings. The van der Waals surface area contributed by atoms with E-state index >= 15 is 0 Å². The summed E-state index contributed by atoms with van der Waals surface area (Å²) < 4.78 is 10.9. The molecule has 0 spiro atoms. The van der Waals surface area contributed by atoms with E-state index in [2.05, 4.69) is 10.3 Å². The van der Waals surface area contributed by atoms with Gasteiger partial charge < -0.3 is 14.8 Å². The van der Waals surface area contributed by atoms with Gasteiger partial charge in [-0.25, -0.2) is 4.98 Å². The van der Waals surface area contributed by atoms with Crippen molar-refractivity contribution in [2.45, 2.75) is 19.8 Å². The number of aryl methyl sites for hydroxylation is 1. The number of ether oxygens (including phenoxy) is 2. The van der Waals surface area contributed by atoms with E-state index in [9.17, 15) is 4.79 Å². The van der Waals surface area contributed by atoms with Gasteiger partial charge in [0.25, 0.3) is 0 Å². The lowest BCUT2D eigenvalue weighted by Crippen LogP contribution is -2.38. The number of hydrogen-bond donors (Lipinski definition) is 1. The number of hydrogen-bond acceptors (Lipinski definition) is 5. The maximum atomic E-state index is 12.3. The number of thiazole rings is 1. The van der Waals surface area contributed by atoms with E-state index in [-0.39, 0.29) is 11.8 Å². The Hall–Kier alpha value is -2.08. The van der Waals surface area contributed by atoms with Crippen LogP contribution < -0.4 is 14.8 Å². The first kappa shape index (κ1) is 15.8. The molecule has 0 saturated carbocycles. The monoisotopic (exact) mass is 332 g/mol. The second-order valence-corrected chi connectivity index (χ2v) is 6.55. The first-order valence-electron chi connectivity index (χ1n) is 7.64. The molecular weight excluding hydrogens is 312 g/mol. The second kappa shape index (κ2) is 7.00. The number of amides is 1. The molecule has 2 aromatic rings. The second-order valence-electron chi connectivity index (χ2n) is 5.61. The summed E-state index contributed by atoms with van der Waals surface area (Å²) in [5, 5.41) is 6.07. The fraction of sp³-hybridized carbons (Fsp3) is 0.412. The van der Waals surface area contributed by atoms with Crippen molar-refractivity contribution < 1.29 is 14.3 Å². The van der Waals surface area contributed by atoms with Gasteiger partial charge >= 0.3 is 0 Å². The Morgan fingerprint density at radius 1 is 1.52 bits per heavy atom. The van der Waals surface area contributed by atoms with Crippen molar-refractivity contribution in [1.29, 1.82) is 0 Å². The van der Waals surface area contributed by atoms with E-state index in [0.29, 0.717) is 19.6 Å². The molecule has 1 atom stereocenters. The number of carbonyl (C=O) groups is 1. The van der Waals surface area contributed by atoms with E-state index in [1.54, 1.807) is 18.4 Å². The Morgan fingerprint density at radius 3 is 3.13 bits per heavy atom. The molecule has 0 saturated heterocycles. The summed E-state index contributed by atoms with van der Waals surface area (Å²) in [6.45, 7) is 2.99. The van der Waals surface area contributed by atoms with E-state index in [1.807, 2.05) is 30.5 Å². The number of methoxy groups -OCH3 is 1. The molecule has 1 aliphatic heterocycles. The van der Waals surface area contributed by atoms with Crippen molar-refractivity contribution in [2.75, 3.05) is 20.3 Å². The molecule has 1 aromatic heterocycles. The molecule has 6 heteroatoms. The Kier molecular flexibility index (Phi) is 4.81. The zero-order chi connectivity index (χ0) is 16.2. The maximum Gasteiger partial charge on any atom is 0.226 e. The van der Waals surface area contributed by atoms with Gasteiger partial charge in [0.05, 0.1) is 18.0 Å². The Morgan fingerprint density at radius 2 is 2.39 bits per heavy atom. The van der Waals surface area contributed by atoms with Crippen LogP contribution in [0.15, 0.2) is 23.6 Å². The minimum absolute atomic E-state index is 0.0414. The fourth-order valence-corrected chi connectivity index (χ4v) is 3.38.